The monoisotopic (exact) mass is 516 g/mol. The standard InChI is InChI=1S/C29H28N2O5S/c1-4-35-27(32)19-36-24-16-15-21(17-25(24)34-3)18-26-28(33)31(20(2)22-11-7-5-8-12-22)29(37-26)30-23-13-9-6-10-14-23/h5-18,20H,4,19H2,1-3H3/b26-18+,30-29?/t20-/m1/s1. The summed E-state index contributed by atoms with van der Waals surface area (Å²) in [5, 5.41) is 0.611. The molecule has 0 unspecified atom stereocenters. The second-order valence-corrected chi connectivity index (χ2v) is 9.12. The van der Waals surface area contributed by atoms with Gasteiger partial charge in [-0.05, 0) is 67.1 Å². The molecule has 1 heterocycles. The number of aliphatic imine (C=N–C) groups is 1. The first kappa shape index (κ1) is 26.0. The van der Waals surface area contributed by atoms with E-state index in [1.165, 1.54) is 18.9 Å². The average molecular weight is 517 g/mol. The smallest absolute Gasteiger partial charge is 0.344 e. The molecule has 0 radical (unpaired) electrons. The Morgan fingerprint density at radius 2 is 1.73 bits per heavy atom. The predicted molar refractivity (Wildman–Crippen MR) is 146 cm³/mol. The van der Waals surface area contributed by atoms with Gasteiger partial charge in [0.2, 0.25) is 0 Å². The van der Waals surface area contributed by atoms with E-state index in [1.807, 2.05) is 73.7 Å². The van der Waals surface area contributed by atoms with Crippen molar-refractivity contribution < 1.29 is 23.8 Å². The molecular formula is C29H28N2O5S. The summed E-state index contributed by atoms with van der Waals surface area (Å²) in [7, 11) is 1.52. The first-order chi connectivity index (χ1) is 18.0. The number of esters is 1. The zero-order valence-corrected chi connectivity index (χ0v) is 21.7. The molecule has 8 heteroatoms. The SMILES string of the molecule is CCOC(=O)COc1ccc(/C=C2/SC(=Nc3ccccc3)N([C@H](C)c3ccccc3)C2=O)cc1OC. The van der Waals surface area contributed by atoms with E-state index >= 15 is 0 Å². The highest BCUT2D eigenvalue weighted by Crippen LogP contribution is 2.40. The van der Waals surface area contributed by atoms with E-state index in [0.717, 1.165) is 16.8 Å². The van der Waals surface area contributed by atoms with Crippen molar-refractivity contribution in [2.45, 2.75) is 19.9 Å². The molecule has 37 heavy (non-hydrogen) atoms. The van der Waals surface area contributed by atoms with Crippen molar-refractivity contribution in [3.05, 3.63) is 94.9 Å². The lowest BCUT2D eigenvalue weighted by molar-refractivity contribution is -0.145. The first-order valence-corrected chi connectivity index (χ1v) is 12.7. The van der Waals surface area contributed by atoms with E-state index in [9.17, 15) is 9.59 Å². The number of rotatable bonds is 9. The molecule has 7 nitrogen and oxygen atoms in total. The Morgan fingerprint density at radius 3 is 2.41 bits per heavy atom. The third-order valence-corrected chi connectivity index (χ3v) is 6.61. The zero-order valence-electron chi connectivity index (χ0n) is 20.9. The van der Waals surface area contributed by atoms with E-state index in [0.29, 0.717) is 21.6 Å². The summed E-state index contributed by atoms with van der Waals surface area (Å²) in [5.41, 5.74) is 2.54. The fourth-order valence-electron chi connectivity index (χ4n) is 3.78. The molecule has 0 spiro atoms. The van der Waals surface area contributed by atoms with Crippen LogP contribution in [0.3, 0.4) is 0 Å². The molecule has 1 aliphatic rings. The van der Waals surface area contributed by atoms with Crippen LogP contribution in [0, 0.1) is 0 Å². The van der Waals surface area contributed by atoms with E-state index in [1.54, 1.807) is 30.0 Å². The van der Waals surface area contributed by atoms with Crippen LogP contribution in [0.15, 0.2) is 88.8 Å². The normalized spacial score (nSPS) is 16.2. The van der Waals surface area contributed by atoms with Crippen LogP contribution in [-0.4, -0.2) is 42.3 Å². The maximum absolute atomic E-state index is 13.6. The van der Waals surface area contributed by atoms with Crippen molar-refractivity contribution >= 4 is 40.6 Å². The summed E-state index contributed by atoms with van der Waals surface area (Å²) >= 11 is 1.33. The van der Waals surface area contributed by atoms with Crippen molar-refractivity contribution in [1.82, 2.24) is 4.90 Å². The maximum Gasteiger partial charge on any atom is 0.344 e. The van der Waals surface area contributed by atoms with Gasteiger partial charge < -0.3 is 14.2 Å². The number of hydrogen-bond acceptors (Lipinski definition) is 7. The minimum atomic E-state index is -0.457. The van der Waals surface area contributed by atoms with Gasteiger partial charge in [0.05, 0.1) is 30.4 Å². The van der Waals surface area contributed by atoms with Crippen molar-refractivity contribution in [2.75, 3.05) is 20.3 Å². The van der Waals surface area contributed by atoms with Gasteiger partial charge in [0.1, 0.15) is 0 Å². The van der Waals surface area contributed by atoms with Gasteiger partial charge in [0.15, 0.2) is 23.3 Å². The largest absolute Gasteiger partial charge is 0.493 e. The number of ether oxygens (including phenoxy) is 3. The lowest BCUT2D eigenvalue weighted by atomic mass is 10.1. The highest BCUT2D eigenvalue weighted by molar-refractivity contribution is 8.18. The number of hydrogen-bond donors (Lipinski definition) is 0. The lowest BCUT2D eigenvalue weighted by Gasteiger charge is -2.24. The minimum Gasteiger partial charge on any atom is -0.493 e. The molecule has 1 saturated heterocycles. The third kappa shape index (κ3) is 6.40. The van der Waals surface area contributed by atoms with Crippen molar-refractivity contribution in [2.24, 2.45) is 4.99 Å². The number of amidine groups is 1. The highest BCUT2D eigenvalue weighted by Gasteiger charge is 2.37. The van der Waals surface area contributed by atoms with Crippen LogP contribution in [-0.2, 0) is 14.3 Å². The number of para-hydroxylation sites is 1. The number of methoxy groups -OCH3 is 1. The third-order valence-electron chi connectivity index (χ3n) is 5.62. The molecule has 0 N–H and O–H groups in total. The molecule has 0 aliphatic carbocycles. The van der Waals surface area contributed by atoms with Crippen molar-refractivity contribution in [3.8, 4) is 11.5 Å². The number of thioether (sulfide) groups is 1. The number of carbonyl (C=O) groups is 2. The molecule has 1 atom stereocenters. The molecular weight excluding hydrogens is 488 g/mol. The van der Waals surface area contributed by atoms with Crippen molar-refractivity contribution in [1.29, 1.82) is 0 Å². The Morgan fingerprint density at radius 1 is 1.03 bits per heavy atom. The summed E-state index contributed by atoms with van der Waals surface area (Å²) in [6.07, 6.45) is 1.81. The topological polar surface area (TPSA) is 77.4 Å². The Kier molecular flexibility index (Phi) is 8.64. The predicted octanol–water partition coefficient (Wildman–Crippen LogP) is 6.00. The zero-order chi connectivity index (χ0) is 26.2. The molecule has 0 saturated carbocycles. The van der Waals surface area contributed by atoms with Gasteiger partial charge in [-0.3, -0.25) is 9.69 Å². The average Bonchev–Trinajstić information content (AvgIpc) is 3.22. The number of carbonyl (C=O) groups excluding carboxylic acids is 2. The van der Waals surface area contributed by atoms with Gasteiger partial charge in [-0.2, -0.15) is 0 Å². The molecule has 3 aromatic rings. The number of benzene rings is 3. The minimum absolute atomic E-state index is 0.127. The quantitative estimate of drug-likeness (QED) is 0.256. The van der Waals surface area contributed by atoms with Crippen LogP contribution >= 0.6 is 11.8 Å². The fourth-order valence-corrected chi connectivity index (χ4v) is 4.85. The number of nitrogens with zero attached hydrogens (tertiary/aromatic N) is 2. The van der Waals surface area contributed by atoms with Crippen LogP contribution in [0.25, 0.3) is 6.08 Å². The molecule has 1 fully saturated rings. The Hall–Kier alpha value is -4.04. The Bertz CT molecular complexity index is 1310. The first-order valence-electron chi connectivity index (χ1n) is 11.9. The Balaban J connectivity index is 1.64. The summed E-state index contributed by atoms with van der Waals surface area (Å²) in [6, 6.07) is 24.5. The second kappa shape index (κ2) is 12.3. The molecule has 3 aromatic carbocycles. The maximum atomic E-state index is 13.6. The molecule has 1 amide bonds. The molecule has 0 bridgehead atoms. The van der Waals surface area contributed by atoms with Crippen LogP contribution < -0.4 is 9.47 Å². The molecule has 1 aliphatic heterocycles. The van der Waals surface area contributed by atoms with Gasteiger partial charge in [-0.15, -0.1) is 0 Å². The van der Waals surface area contributed by atoms with Gasteiger partial charge in [-0.1, -0.05) is 54.6 Å². The Labute approximate surface area is 220 Å². The van der Waals surface area contributed by atoms with E-state index < -0.39 is 5.97 Å². The van der Waals surface area contributed by atoms with Gasteiger partial charge in [-0.25, -0.2) is 9.79 Å². The van der Waals surface area contributed by atoms with Crippen LogP contribution in [0.1, 0.15) is 31.0 Å². The molecule has 4 rings (SSSR count). The molecule has 0 aromatic heterocycles. The number of amides is 1. The fraction of sp³-hybridized carbons (Fsp3) is 0.207. The lowest BCUT2D eigenvalue weighted by Crippen LogP contribution is -2.32. The summed E-state index contributed by atoms with van der Waals surface area (Å²) in [4.78, 5) is 32.3. The van der Waals surface area contributed by atoms with Crippen molar-refractivity contribution in [3.63, 3.8) is 0 Å². The highest BCUT2D eigenvalue weighted by atomic mass is 32.2. The molecule has 190 valence electrons. The van der Waals surface area contributed by atoms with Gasteiger partial charge in [0.25, 0.3) is 5.91 Å². The van der Waals surface area contributed by atoms with Crippen LogP contribution in [0.2, 0.25) is 0 Å². The van der Waals surface area contributed by atoms with Crippen LogP contribution in [0.4, 0.5) is 5.69 Å². The van der Waals surface area contributed by atoms with Crippen LogP contribution in [0.5, 0.6) is 11.5 Å². The van der Waals surface area contributed by atoms with E-state index in [4.69, 9.17) is 19.2 Å². The second-order valence-electron chi connectivity index (χ2n) is 8.11. The van der Waals surface area contributed by atoms with Gasteiger partial charge in [0, 0.05) is 0 Å². The summed E-state index contributed by atoms with van der Waals surface area (Å²) < 4.78 is 15.9. The van der Waals surface area contributed by atoms with E-state index in [2.05, 4.69) is 0 Å². The van der Waals surface area contributed by atoms with E-state index in [-0.39, 0.29) is 25.2 Å². The van der Waals surface area contributed by atoms with Gasteiger partial charge >= 0.3 is 5.97 Å². The summed E-state index contributed by atoms with van der Waals surface area (Å²) in [6.45, 7) is 3.80. The summed E-state index contributed by atoms with van der Waals surface area (Å²) in [5.74, 6) is 0.273.